The Morgan fingerprint density at radius 2 is 1.73 bits per heavy atom. The summed E-state index contributed by atoms with van der Waals surface area (Å²) >= 11 is 5.55. The van der Waals surface area contributed by atoms with Gasteiger partial charge < -0.3 is 0 Å². The third kappa shape index (κ3) is 3.98. The number of carbonyl (C=O) groups excluding carboxylic acids is 1. The number of aromatic nitrogens is 2. The predicted molar refractivity (Wildman–Crippen MR) is 78.2 cm³/mol. The van der Waals surface area contributed by atoms with E-state index in [0.29, 0.717) is 0 Å². The molecule has 0 bridgehead atoms. The molecule has 0 aromatic carbocycles. The van der Waals surface area contributed by atoms with E-state index in [1.165, 1.54) is 17.6 Å². The molecule has 26 heavy (non-hydrogen) atoms. The van der Waals surface area contributed by atoms with Gasteiger partial charge >= 0.3 is 18.0 Å². The zero-order chi connectivity index (χ0) is 19.6. The van der Waals surface area contributed by atoms with Gasteiger partial charge in [0, 0.05) is 18.5 Å². The molecular formula is C14H10ClF6N4O+. The SMILES string of the molecule is O=C(NC(Nc1ccc(Cl)c[nH+]1)(C(F)(F)F)C(F)(F)F)c1cccnc1. The number of anilines is 1. The number of carbonyl (C=O) groups is 1. The van der Waals surface area contributed by atoms with Crippen LogP contribution in [0.4, 0.5) is 32.2 Å². The summed E-state index contributed by atoms with van der Waals surface area (Å²) in [6.07, 6.45) is -8.85. The van der Waals surface area contributed by atoms with Crippen LogP contribution in [0.15, 0.2) is 42.9 Å². The maximum atomic E-state index is 13.5. The number of halogens is 7. The fourth-order valence-corrected chi connectivity index (χ4v) is 2.02. The lowest BCUT2D eigenvalue weighted by Crippen LogP contribution is -2.72. The van der Waals surface area contributed by atoms with Crippen molar-refractivity contribution in [2.24, 2.45) is 0 Å². The third-order valence-electron chi connectivity index (χ3n) is 3.17. The molecule has 0 atom stereocenters. The van der Waals surface area contributed by atoms with Crippen molar-refractivity contribution < 1.29 is 36.1 Å². The van der Waals surface area contributed by atoms with E-state index in [0.717, 1.165) is 35.9 Å². The van der Waals surface area contributed by atoms with Gasteiger partial charge in [-0.1, -0.05) is 11.6 Å². The van der Waals surface area contributed by atoms with Gasteiger partial charge in [-0.15, -0.1) is 0 Å². The normalized spacial score (nSPS) is 12.6. The Balaban J connectivity index is 2.49. The van der Waals surface area contributed by atoms with Gasteiger partial charge in [0.25, 0.3) is 11.7 Å². The van der Waals surface area contributed by atoms with Gasteiger partial charge in [-0.05, 0) is 18.2 Å². The van der Waals surface area contributed by atoms with Gasteiger partial charge in [-0.2, -0.15) is 26.3 Å². The second-order valence-corrected chi connectivity index (χ2v) is 5.42. The molecule has 0 unspecified atom stereocenters. The average molecular weight is 400 g/mol. The first kappa shape index (κ1) is 19.8. The van der Waals surface area contributed by atoms with E-state index in [1.54, 1.807) is 0 Å². The van der Waals surface area contributed by atoms with E-state index in [2.05, 4.69) is 9.97 Å². The number of alkyl halides is 6. The van der Waals surface area contributed by atoms with Gasteiger partial charge in [0.1, 0.15) is 6.20 Å². The number of pyridine rings is 2. The van der Waals surface area contributed by atoms with Crippen molar-refractivity contribution in [1.29, 1.82) is 0 Å². The highest BCUT2D eigenvalue weighted by Gasteiger charge is 2.76. The highest BCUT2D eigenvalue weighted by atomic mass is 35.5. The number of amides is 1. The van der Waals surface area contributed by atoms with E-state index in [9.17, 15) is 31.1 Å². The Kier molecular flexibility index (Phi) is 5.31. The van der Waals surface area contributed by atoms with Crippen molar-refractivity contribution in [3.8, 4) is 0 Å². The van der Waals surface area contributed by atoms with E-state index in [1.807, 2.05) is 0 Å². The van der Waals surface area contributed by atoms with Gasteiger partial charge in [-0.3, -0.25) is 15.1 Å². The topological polar surface area (TPSA) is 68.2 Å². The minimum absolute atomic E-state index is 0.0552. The van der Waals surface area contributed by atoms with Crippen molar-refractivity contribution >= 4 is 23.3 Å². The molecule has 12 heteroatoms. The number of rotatable bonds is 4. The molecule has 2 heterocycles. The zero-order valence-corrected chi connectivity index (χ0v) is 13.3. The molecule has 1 amide bonds. The van der Waals surface area contributed by atoms with Gasteiger partial charge in [-0.25, -0.2) is 10.3 Å². The minimum Gasteiger partial charge on any atom is -0.296 e. The van der Waals surface area contributed by atoms with Crippen molar-refractivity contribution in [3.63, 3.8) is 0 Å². The monoisotopic (exact) mass is 399 g/mol. The predicted octanol–water partition coefficient (Wildman–Crippen LogP) is 3.21. The molecule has 0 radical (unpaired) electrons. The van der Waals surface area contributed by atoms with Crippen LogP contribution in [0.1, 0.15) is 10.4 Å². The lowest BCUT2D eigenvalue weighted by atomic mass is 10.1. The third-order valence-corrected chi connectivity index (χ3v) is 3.41. The van der Waals surface area contributed by atoms with Gasteiger partial charge in [0.2, 0.25) is 0 Å². The largest absolute Gasteiger partial charge is 0.462 e. The fourth-order valence-electron chi connectivity index (χ4n) is 1.90. The van der Waals surface area contributed by atoms with Crippen LogP contribution in [0.2, 0.25) is 5.02 Å². The van der Waals surface area contributed by atoms with Crippen LogP contribution in [0, 0.1) is 0 Å². The molecule has 2 rings (SSSR count). The molecule has 0 aliphatic heterocycles. The number of nitrogens with zero attached hydrogens (tertiary/aromatic N) is 1. The summed E-state index contributed by atoms with van der Waals surface area (Å²) in [7, 11) is 0. The van der Waals surface area contributed by atoms with Crippen molar-refractivity contribution in [3.05, 3.63) is 53.4 Å². The molecule has 5 nitrogen and oxygen atoms in total. The second kappa shape index (κ2) is 6.98. The molecular weight excluding hydrogens is 390 g/mol. The quantitative estimate of drug-likeness (QED) is 0.613. The summed E-state index contributed by atoms with van der Waals surface area (Å²) in [5.41, 5.74) is -5.23. The van der Waals surface area contributed by atoms with E-state index < -0.39 is 35.3 Å². The van der Waals surface area contributed by atoms with Crippen LogP contribution in [-0.2, 0) is 0 Å². The summed E-state index contributed by atoms with van der Waals surface area (Å²) in [5.74, 6) is -2.29. The Morgan fingerprint density at radius 1 is 1.08 bits per heavy atom. The molecule has 140 valence electrons. The first-order valence-corrected chi connectivity index (χ1v) is 7.15. The van der Waals surface area contributed by atoms with E-state index in [4.69, 9.17) is 11.6 Å². The number of nitrogens with one attached hydrogen (secondary N) is 3. The van der Waals surface area contributed by atoms with Crippen LogP contribution < -0.4 is 15.6 Å². The molecule has 0 aliphatic carbocycles. The number of hydrogen-bond acceptors (Lipinski definition) is 3. The maximum absolute atomic E-state index is 13.5. The van der Waals surface area contributed by atoms with Crippen LogP contribution >= 0.6 is 11.6 Å². The van der Waals surface area contributed by atoms with Gasteiger partial charge in [0.15, 0.2) is 0 Å². The van der Waals surface area contributed by atoms with Crippen LogP contribution in [0.5, 0.6) is 0 Å². The Hall–Kier alpha value is -2.56. The number of aromatic amines is 1. The summed E-state index contributed by atoms with van der Waals surface area (Å²) < 4.78 is 80.8. The Labute approximate surface area is 147 Å². The number of H-pyrrole nitrogens is 1. The standard InChI is InChI=1S/C14H9ClF6N4O/c15-9-3-4-10(23-7-9)24-12(13(16,17)18,14(19,20)21)25-11(26)8-2-1-5-22-6-8/h1-7H,(H,23,24)(H,25,26)/p+1. The Bertz CT molecular complexity index is 750. The molecule has 2 aromatic rings. The van der Waals surface area contributed by atoms with Crippen molar-refractivity contribution in [2.75, 3.05) is 5.32 Å². The first-order valence-electron chi connectivity index (χ1n) is 6.78. The number of hydrogen-bond donors (Lipinski definition) is 2. The Morgan fingerprint density at radius 3 is 2.19 bits per heavy atom. The second-order valence-electron chi connectivity index (χ2n) is 4.99. The zero-order valence-electron chi connectivity index (χ0n) is 12.5. The first-order chi connectivity index (χ1) is 12.0. The maximum Gasteiger partial charge on any atom is 0.462 e. The molecule has 0 saturated heterocycles. The summed E-state index contributed by atoms with van der Waals surface area (Å²) in [5, 5.41) is 2.34. The van der Waals surface area contributed by atoms with Crippen molar-refractivity contribution in [2.45, 2.75) is 18.0 Å². The average Bonchev–Trinajstić information content (AvgIpc) is 2.54. The molecule has 0 aliphatic rings. The highest BCUT2D eigenvalue weighted by molar-refractivity contribution is 6.30. The highest BCUT2D eigenvalue weighted by Crippen LogP contribution is 2.43. The minimum atomic E-state index is -5.93. The fraction of sp³-hybridized carbons (Fsp3) is 0.214. The van der Waals surface area contributed by atoms with Crippen molar-refractivity contribution in [1.82, 2.24) is 10.3 Å². The van der Waals surface area contributed by atoms with E-state index >= 15 is 0 Å². The molecule has 0 spiro atoms. The lowest BCUT2D eigenvalue weighted by molar-refractivity contribution is -0.367. The summed E-state index contributed by atoms with van der Waals surface area (Å²) in [6.45, 7) is 0. The lowest BCUT2D eigenvalue weighted by Gasteiger charge is -2.34. The van der Waals surface area contributed by atoms with Crippen LogP contribution in [-0.4, -0.2) is 28.9 Å². The summed E-state index contributed by atoms with van der Waals surface area (Å²) in [6, 6.07) is 4.15. The molecule has 0 saturated carbocycles. The van der Waals surface area contributed by atoms with Crippen LogP contribution in [0.3, 0.4) is 0 Å². The molecule has 3 N–H and O–H groups in total. The smallest absolute Gasteiger partial charge is 0.296 e. The van der Waals surface area contributed by atoms with Gasteiger partial charge in [0.05, 0.1) is 10.6 Å². The molecule has 0 fully saturated rings. The van der Waals surface area contributed by atoms with Crippen LogP contribution in [0.25, 0.3) is 0 Å². The summed E-state index contributed by atoms with van der Waals surface area (Å²) in [4.78, 5) is 17.6. The van der Waals surface area contributed by atoms with E-state index in [-0.39, 0.29) is 5.02 Å². The molecule has 2 aromatic heterocycles.